The van der Waals surface area contributed by atoms with Gasteiger partial charge in [-0.1, -0.05) is 47.6 Å². The van der Waals surface area contributed by atoms with Crippen molar-refractivity contribution in [3.8, 4) is 11.3 Å². The van der Waals surface area contributed by atoms with Gasteiger partial charge < -0.3 is 14.2 Å². The second-order valence-electron chi connectivity index (χ2n) is 6.28. The van der Waals surface area contributed by atoms with Gasteiger partial charge in [-0.3, -0.25) is 4.79 Å². The van der Waals surface area contributed by atoms with E-state index in [1.54, 1.807) is 38.2 Å². The standard InChI is InChI=1S/C21H19FN2O4/c1-14-19(20(23-28-14)16-6-4-3-5-7-16)21(26)27-13-18(25)24(2)12-15-8-10-17(22)11-9-15/h3-11H,12-13H2,1-2H3. The number of carbonyl (C=O) groups excluding carboxylic acids is 2. The number of esters is 1. The van der Waals surface area contributed by atoms with E-state index >= 15 is 0 Å². The first-order chi connectivity index (χ1) is 13.5. The number of hydrogen-bond acceptors (Lipinski definition) is 5. The first-order valence-electron chi connectivity index (χ1n) is 8.63. The van der Waals surface area contributed by atoms with Crippen molar-refractivity contribution in [2.75, 3.05) is 13.7 Å². The van der Waals surface area contributed by atoms with Crippen molar-refractivity contribution in [1.82, 2.24) is 10.1 Å². The Labute approximate surface area is 161 Å². The second-order valence-corrected chi connectivity index (χ2v) is 6.28. The van der Waals surface area contributed by atoms with Crippen LogP contribution < -0.4 is 0 Å². The molecule has 0 aliphatic rings. The van der Waals surface area contributed by atoms with E-state index in [-0.39, 0.29) is 23.8 Å². The van der Waals surface area contributed by atoms with Crippen molar-refractivity contribution in [3.05, 3.63) is 77.3 Å². The number of halogens is 1. The van der Waals surface area contributed by atoms with Gasteiger partial charge in [0.1, 0.15) is 22.8 Å². The van der Waals surface area contributed by atoms with Crippen molar-refractivity contribution in [3.63, 3.8) is 0 Å². The summed E-state index contributed by atoms with van der Waals surface area (Å²) in [5.74, 6) is -1.09. The van der Waals surface area contributed by atoms with Crippen LogP contribution in [-0.2, 0) is 16.1 Å². The quantitative estimate of drug-likeness (QED) is 0.609. The van der Waals surface area contributed by atoms with Gasteiger partial charge in [0.05, 0.1) is 0 Å². The highest BCUT2D eigenvalue weighted by molar-refractivity contribution is 5.98. The number of hydrogen-bond donors (Lipinski definition) is 0. The number of benzene rings is 2. The molecule has 0 saturated heterocycles. The van der Waals surface area contributed by atoms with E-state index in [1.807, 2.05) is 18.2 Å². The van der Waals surface area contributed by atoms with Crippen LogP contribution in [0.1, 0.15) is 21.7 Å². The zero-order chi connectivity index (χ0) is 20.1. The molecule has 0 aliphatic carbocycles. The molecule has 28 heavy (non-hydrogen) atoms. The number of rotatable bonds is 6. The summed E-state index contributed by atoms with van der Waals surface area (Å²) in [5, 5.41) is 3.93. The zero-order valence-corrected chi connectivity index (χ0v) is 15.5. The molecule has 0 fully saturated rings. The van der Waals surface area contributed by atoms with E-state index in [0.29, 0.717) is 17.0 Å². The zero-order valence-electron chi connectivity index (χ0n) is 15.5. The minimum absolute atomic E-state index is 0.195. The molecule has 0 unspecified atom stereocenters. The molecular weight excluding hydrogens is 363 g/mol. The molecule has 3 aromatic rings. The molecule has 144 valence electrons. The molecule has 2 aromatic carbocycles. The fourth-order valence-corrected chi connectivity index (χ4v) is 2.67. The van der Waals surface area contributed by atoms with Crippen LogP contribution in [0.5, 0.6) is 0 Å². The molecular formula is C21H19FN2O4. The monoisotopic (exact) mass is 382 g/mol. The van der Waals surface area contributed by atoms with E-state index in [9.17, 15) is 14.0 Å². The normalized spacial score (nSPS) is 10.5. The fourth-order valence-electron chi connectivity index (χ4n) is 2.67. The van der Waals surface area contributed by atoms with E-state index in [1.165, 1.54) is 17.0 Å². The van der Waals surface area contributed by atoms with Crippen LogP contribution in [0.4, 0.5) is 4.39 Å². The third-order valence-electron chi connectivity index (χ3n) is 4.20. The van der Waals surface area contributed by atoms with Crippen LogP contribution in [0.15, 0.2) is 59.1 Å². The number of aryl methyl sites for hydroxylation is 1. The van der Waals surface area contributed by atoms with E-state index < -0.39 is 12.6 Å². The van der Waals surface area contributed by atoms with Gasteiger partial charge in [0.25, 0.3) is 5.91 Å². The highest BCUT2D eigenvalue weighted by Gasteiger charge is 2.24. The Balaban J connectivity index is 1.63. The lowest BCUT2D eigenvalue weighted by Crippen LogP contribution is -2.30. The smallest absolute Gasteiger partial charge is 0.344 e. The Morgan fingerprint density at radius 3 is 2.46 bits per heavy atom. The lowest BCUT2D eigenvalue weighted by Gasteiger charge is -2.17. The molecule has 6 nitrogen and oxygen atoms in total. The second kappa shape index (κ2) is 8.47. The summed E-state index contributed by atoms with van der Waals surface area (Å²) in [5.41, 5.74) is 2.05. The molecule has 1 heterocycles. The average Bonchev–Trinajstić information content (AvgIpc) is 3.09. The third-order valence-corrected chi connectivity index (χ3v) is 4.20. The molecule has 7 heteroatoms. The SMILES string of the molecule is Cc1onc(-c2ccccc2)c1C(=O)OCC(=O)N(C)Cc1ccc(F)cc1. The van der Waals surface area contributed by atoms with Gasteiger partial charge in [-0.25, -0.2) is 9.18 Å². The Morgan fingerprint density at radius 1 is 1.11 bits per heavy atom. The Kier molecular flexibility index (Phi) is 5.84. The van der Waals surface area contributed by atoms with Crippen LogP contribution in [0.3, 0.4) is 0 Å². The van der Waals surface area contributed by atoms with E-state index in [4.69, 9.17) is 9.26 Å². The van der Waals surface area contributed by atoms with Crippen LogP contribution in [0.2, 0.25) is 0 Å². The topological polar surface area (TPSA) is 72.6 Å². The highest BCUT2D eigenvalue weighted by Crippen LogP contribution is 2.25. The molecule has 0 bridgehead atoms. The Morgan fingerprint density at radius 2 is 1.79 bits per heavy atom. The number of aromatic nitrogens is 1. The third kappa shape index (κ3) is 4.43. The number of nitrogens with zero attached hydrogens (tertiary/aromatic N) is 2. The maximum atomic E-state index is 13.0. The molecule has 0 N–H and O–H groups in total. The summed E-state index contributed by atoms with van der Waals surface area (Å²) in [6.45, 7) is 1.46. The Hall–Kier alpha value is -3.48. The summed E-state index contributed by atoms with van der Waals surface area (Å²) < 4.78 is 23.3. The number of ether oxygens (including phenoxy) is 1. The summed E-state index contributed by atoms with van der Waals surface area (Å²) >= 11 is 0. The van der Waals surface area contributed by atoms with Crippen molar-refractivity contribution in [2.45, 2.75) is 13.5 Å². The van der Waals surface area contributed by atoms with Crippen LogP contribution in [0, 0.1) is 12.7 Å². The fraction of sp³-hybridized carbons (Fsp3) is 0.190. The van der Waals surface area contributed by atoms with Crippen molar-refractivity contribution < 1.29 is 23.2 Å². The molecule has 1 amide bonds. The summed E-state index contributed by atoms with van der Waals surface area (Å²) in [6.07, 6.45) is 0. The van der Waals surface area contributed by atoms with Gasteiger partial charge >= 0.3 is 5.97 Å². The lowest BCUT2D eigenvalue weighted by atomic mass is 10.1. The van der Waals surface area contributed by atoms with Crippen molar-refractivity contribution in [1.29, 1.82) is 0 Å². The number of amides is 1. The van der Waals surface area contributed by atoms with Crippen LogP contribution in [-0.4, -0.2) is 35.6 Å². The summed E-state index contributed by atoms with van der Waals surface area (Å²) in [4.78, 5) is 26.2. The minimum Gasteiger partial charge on any atom is -0.452 e. The van der Waals surface area contributed by atoms with Gasteiger partial charge in [0, 0.05) is 19.2 Å². The van der Waals surface area contributed by atoms with Crippen LogP contribution >= 0.6 is 0 Å². The number of likely N-dealkylation sites (N-methyl/N-ethyl adjacent to an activating group) is 1. The minimum atomic E-state index is -0.680. The number of carbonyl (C=O) groups is 2. The van der Waals surface area contributed by atoms with Crippen molar-refractivity contribution in [2.24, 2.45) is 0 Å². The average molecular weight is 382 g/mol. The predicted molar refractivity (Wildman–Crippen MR) is 99.8 cm³/mol. The van der Waals surface area contributed by atoms with Gasteiger partial charge in [-0.15, -0.1) is 0 Å². The maximum absolute atomic E-state index is 13.0. The Bertz CT molecular complexity index is 968. The first kappa shape index (κ1) is 19.3. The molecule has 0 saturated carbocycles. The van der Waals surface area contributed by atoms with E-state index in [0.717, 1.165) is 5.56 Å². The van der Waals surface area contributed by atoms with E-state index in [2.05, 4.69) is 5.16 Å². The van der Waals surface area contributed by atoms with Gasteiger partial charge in [-0.05, 0) is 24.6 Å². The van der Waals surface area contributed by atoms with Gasteiger partial charge in [0.15, 0.2) is 6.61 Å². The molecule has 3 rings (SSSR count). The first-order valence-corrected chi connectivity index (χ1v) is 8.63. The summed E-state index contributed by atoms with van der Waals surface area (Å²) in [6, 6.07) is 14.9. The van der Waals surface area contributed by atoms with Crippen molar-refractivity contribution >= 4 is 11.9 Å². The maximum Gasteiger partial charge on any atom is 0.344 e. The largest absolute Gasteiger partial charge is 0.452 e. The molecule has 0 spiro atoms. The highest BCUT2D eigenvalue weighted by atomic mass is 19.1. The van der Waals surface area contributed by atoms with Gasteiger partial charge in [-0.2, -0.15) is 0 Å². The predicted octanol–water partition coefficient (Wildman–Crippen LogP) is 3.60. The van der Waals surface area contributed by atoms with Crippen LogP contribution in [0.25, 0.3) is 11.3 Å². The lowest BCUT2D eigenvalue weighted by molar-refractivity contribution is -0.133. The molecule has 0 radical (unpaired) electrons. The molecule has 0 aliphatic heterocycles. The summed E-state index contributed by atoms with van der Waals surface area (Å²) in [7, 11) is 1.58. The van der Waals surface area contributed by atoms with Gasteiger partial charge in [0.2, 0.25) is 0 Å². The molecule has 0 atom stereocenters. The molecule has 1 aromatic heterocycles.